The Balaban J connectivity index is 1.66. The zero-order valence-corrected chi connectivity index (χ0v) is 14.3. The molecular formula is C14H27N3O4S. The Bertz CT molecular complexity index is 480. The van der Waals surface area contributed by atoms with Gasteiger partial charge in [0.15, 0.2) is 0 Å². The van der Waals surface area contributed by atoms with Gasteiger partial charge >= 0.3 is 6.03 Å². The van der Waals surface area contributed by atoms with Crippen molar-refractivity contribution in [3.8, 4) is 0 Å². The molecule has 0 radical (unpaired) electrons. The van der Waals surface area contributed by atoms with Gasteiger partial charge in [-0.1, -0.05) is 13.8 Å². The molecule has 1 N–H and O–H groups in total. The lowest BCUT2D eigenvalue weighted by Crippen LogP contribution is -2.42. The van der Waals surface area contributed by atoms with Crippen molar-refractivity contribution >= 4 is 16.1 Å². The van der Waals surface area contributed by atoms with Crippen LogP contribution in [0.3, 0.4) is 0 Å². The van der Waals surface area contributed by atoms with E-state index in [1.54, 1.807) is 4.90 Å². The van der Waals surface area contributed by atoms with E-state index in [4.69, 9.17) is 4.74 Å². The van der Waals surface area contributed by atoms with Crippen molar-refractivity contribution < 1.29 is 17.9 Å². The van der Waals surface area contributed by atoms with E-state index in [1.807, 2.05) is 0 Å². The SMILES string of the molecule is CC(C)COC1CCN(C(=O)NCCN2CCCS2(=O)=O)C1. The molecule has 22 heavy (non-hydrogen) atoms. The average molecular weight is 333 g/mol. The summed E-state index contributed by atoms with van der Waals surface area (Å²) in [5.41, 5.74) is 0. The molecule has 8 heteroatoms. The van der Waals surface area contributed by atoms with Crippen molar-refractivity contribution in [1.29, 1.82) is 0 Å². The molecule has 2 heterocycles. The smallest absolute Gasteiger partial charge is 0.317 e. The van der Waals surface area contributed by atoms with Gasteiger partial charge in [-0.25, -0.2) is 17.5 Å². The fraction of sp³-hybridized carbons (Fsp3) is 0.929. The van der Waals surface area contributed by atoms with Gasteiger partial charge in [0.1, 0.15) is 0 Å². The molecule has 0 aromatic carbocycles. The van der Waals surface area contributed by atoms with Crippen LogP contribution in [0, 0.1) is 5.92 Å². The second-order valence-corrected chi connectivity index (χ2v) is 8.47. The van der Waals surface area contributed by atoms with Crippen molar-refractivity contribution in [3.05, 3.63) is 0 Å². The Morgan fingerprint density at radius 2 is 2.14 bits per heavy atom. The summed E-state index contributed by atoms with van der Waals surface area (Å²) < 4.78 is 30.5. The molecule has 2 aliphatic heterocycles. The van der Waals surface area contributed by atoms with E-state index < -0.39 is 10.0 Å². The van der Waals surface area contributed by atoms with E-state index in [-0.39, 0.29) is 17.9 Å². The number of nitrogens with one attached hydrogen (secondary N) is 1. The standard InChI is InChI=1S/C14H27N3O4S/c1-12(2)11-21-13-4-7-16(10-13)14(18)15-5-8-17-6-3-9-22(17,19)20/h12-13H,3-11H2,1-2H3,(H,15,18). The van der Waals surface area contributed by atoms with Crippen LogP contribution in [0.2, 0.25) is 0 Å². The zero-order valence-electron chi connectivity index (χ0n) is 13.5. The molecule has 0 aliphatic carbocycles. The monoisotopic (exact) mass is 333 g/mol. The lowest BCUT2D eigenvalue weighted by Gasteiger charge is -2.19. The molecule has 1 unspecified atom stereocenters. The third kappa shape index (κ3) is 4.82. The van der Waals surface area contributed by atoms with Crippen molar-refractivity contribution in [2.75, 3.05) is 45.1 Å². The average Bonchev–Trinajstić information content (AvgIpc) is 3.03. The van der Waals surface area contributed by atoms with Crippen LogP contribution in [0.4, 0.5) is 4.79 Å². The Labute approximate surface area is 133 Å². The molecular weight excluding hydrogens is 306 g/mol. The molecule has 2 aliphatic rings. The van der Waals surface area contributed by atoms with Crippen LogP contribution < -0.4 is 5.32 Å². The van der Waals surface area contributed by atoms with Crippen LogP contribution in [0.1, 0.15) is 26.7 Å². The second-order valence-electron chi connectivity index (χ2n) is 6.38. The molecule has 2 fully saturated rings. The summed E-state index contributed by atoms with van der Waals surface area (Å²) in [4.78, 5) is 13.8. The van der Waals surface area contributed by atoms with Gasteiger partial charge in [0, 0.05) is 39.3 Å². The number of hydrogen-bond acceptors (Lipinski definition) is 4. The van der Waals surface area contributed by atoms with Crippen LogP contribution in [-0.2, 0) is 14.8 Å². The predicted octanol–water partition coefficient (Wildman–Crippen LogP) is 0.478. The first-order valence-corrected chi connectivity index (χ1v) is 9.61. The Morgan fingerprint density at radius 1 is 1.36 bits per heavy atom. The molecule has 0 bridgehead atoms. The summed E-state index contributed by atoms with van der Waals surface area (Å²) in [6.07, 6.45) is 1.66. The minimum Gasteiger partial charge on any atom is -0.376 e. The van der Waals surface area contributed by atoms with Gasteiger partial charge in [0.05, 0.1) is 11.9 Å². The first-order valence-electron chi connectivity index (χ1n) is 8.00. The Hall–Kier alpha value is -0.860. The summed E-state index contributed by atoms with van der Waals surface area (Å²) in [6.45, 7) is 7.50. The van der Waals surface area contributed by atoms with Crippen LogP contribution >= 0.6 is 0 Å². The highest BCUT2D eigenvalue weighted by atomic mass is 32.2. The van der Waals surface area contributed by atoms with E-state index in [0.717, 1.165) is 6.42 Å². The van der Waals surface area contributed by atoms with Gasteiger partial charge in [-0.2, -0.15) is 0 Å². The van der Waals surface area contributed by atoms with Crippen molar-refractivity contribution in [3.63, 3.8) is 0 Å². The number of urea groups is 1. The van der Waals surface area contributed by atoms with E-state index in [0.29, 0.717) is 51.7 Å². The largest absolute Gasteiger partial charge is 0.376 e. The van der Waals surface area contributed by atoms with Crippen molar-refractivity contribution in [2.45, 2.75) is 32.8 Å². The highest BCUT2D eigenvalue weighted by Gasteiger charge is 2.29. The fourth-order valence-electron chi connectivity index (χ4n) is 2.72. The van der Waals surface area contributed by atoms with Gasteiger partial charge in [-0.3, -0.25) is 0 Å². The van der Waals surface area contributed by atoms with Crippen LogP contribution in [0.25, 0.3) is 0 Å². The lowest BCUT2D eigenvalue weighted by atomic mass is 10.2. The highest BCUT2D eigenvalue weighted by molar-refractivity contribution is 7.89. The lowest BCUT2D eigenvalue weighted by molar-refractivity contribution is 0.0436. The molecule has 0 aromatic heterocycles. The number of likely N-dealkylation sites (tertiary alicyclic amines) is 1. The number of carbonyl (C=O) groups is 1. The van der Waals surface area contributed by atoms with E-state index in [1.165, 1.54) is 4.31 Å². The summed E-state index contributed by atoms with van der Waals surface area (Å²) in [5.74, 6) is 0.715. The number of ether oxygens (including phenoxy) is 1. The number of amides is 2. The van der Waals surface area contributed by atoms with Gasteiger partial charge in [0.2, 0.25) is 10.0 Å². The minimum atomic E-state index is -3.08. The number of sulfonamides is 1. The third-order valence-corrected chi connectivity index (χ3v) is 5.89. The van der Waals surface area contributed by atoms with Crippen LogP contribution in [0.15, 0.2) is 0 Å². The summed E-state index contributed by atoms with van der Waals surface area (Å²) in [5, 5.41) is 2.80. The Kier molecular flexibility index (Phi) is 6.05. The second kappa shape index (κ2) is 7.61. The van der Waals surface area contributed by atoms with E-state index in [2.05, 4.69) is 19.2 Å². The van der Waals surface area contributed by atoms with Gasteiger partial charge < -0.3 is 15.0 Å². The first-order chi connectivity index (χ1) is 10.4. The molecule has 0 spiro atoms. The predicted molar refractivity (Wildman–Crippen MR) is 84.1 cm³/mol. The molecule has 2 rings (SSSR count). The van der Waals surface area contributed by atoms with Gasteiger partial charge in [-0.05, 0) is 18.8 Å². The fourth-order valence-corrected chi connectivity index (χ4v) is 4.25. The van der Waals surface area contributed by atoms with E-state index >= 15 is 0 Å². The number of hydrogen-bond donors (Lipinski definition) is 1. The van der Waals surface area contributed by atoms with Gasteiger partial charge in [-0.15, -0.1) is 0 Å². The number of nitrogens with zero attached hydrogens (tertiary/aromatic N) is 2. The topological polar surface area (TPSA) is 79.0 Å². The van der Waals surface area contributed by atoms with Gasteiger partial charge in [0.25, 0.3) is 0 Å². The Morgan fingerprint density at radius 3 is 2.77 bits per heavy atom. The molecule has 1 atom stereocenters. The summed E-state index contributed by atoms with van der Waals surface area (Å²) in [7, 11) is -3.08. The minimum absolute atomic E-state index is 0.118. The number of rotatable bonds is 6. The molecule has 128 valence electrons. The third-order valence-electron chi connectivity index (χ3n) is 3.94. The van der Waals surface area contributed by atoms with E-state index in [9.17, 15) is 13.2 Å². The molecule has 7 nitrogen and oxygen atoms in total. The van der Waals surface area contributed by atoms with Crippen LogP contribution in [-0.4, -0.2) is 74.8 Å². The van der Waals surface area contributed by atoms with Crippen molar-refractivity contribution in [2.24, 2.45) is 5.92 Å². The normalized spacial score (nSPS) is 25.0. The number of carbonyl (C=O) groups excluding carboxylic acids is 1. The first kappa shape index (κ1) is 17.5. The molecule has 2 saturated heterocycles. The van der Waals surface area contributed by atoms with Crippen LogP contribution in [0.5, 0.6) is 0 Å². The highest BCUT2D eigenvalue weighted by Crippen LogP contribution is 2.14. The maximum Gasteiger partial charge on any atom is 0.317 e. The summed E-state index contributed by atoms with van der Waals surface area (Å²) >= 11 is 0. The molecule has 0 aromatic rings. The maximum absolute atomic E-state index is 12.1. The summed E-state index contributed by atoms with van der Waals surface area (Å²) in [6, 6.07) is -0.132. The quantitative estimate of drug-likeness (QED) is 0.767. The van der Waals surface area contributed by atoms with Crippen molar-refractivity contribution in [1.82, 2.24) is 14.5 Å². The maximum atomic E-state index is 12.1. The zero-order chi connectivity index (χ0) is 16.2. The molecule has 0 saturated carbocycles. The molecule has 2 amide bonds.